The van der Waals surface area contributed by atoms with Crippen molar-refractivity contribution in [3.05, 3.63) is 35.9 Å². The molecule has 0 spiro atoms. The third-order valence-electron chi connectivity index (χ3n) is 3.57. The molecule has 0 aromatic heterocycles. The summed E-state index contributed by atoms with van der Waals surface area (Å²) in [6, 6.07) is 9.85. The number of aryl methyl sites for hydroxylation is 1. The lowest BCUT2D eigenvalue weighted by atomic mass is 10.1. The van der Waals surface area contributed by atoms with Crippen LogP contribution in [0.15, 0.2) is 30.3 Å². The quantitative estimate of drug-likeness (QED) is 0.835. The van der Waals surface area contributed by atoms with E-state index in [4.69, 9.17) is 0 Å². The minimum Gasteiger partial charge on any atom is -0.341 e. The number of carbonyl (C=O) groups is 1. The number of hydrogen-bond acceptors (Lipinski definition) is 3. The Hall–Kier alpha value is -1.36. The Labute approximate surface area is 114 Å². The summed E-state index contributed by atoms with van der Waals surface area (Å²) in [7, 11) is -3.03. The second kappa shape index (κ2) is 5.74. The fourth-order valence-electron chi connectivity index (χ4n) is 2.36. The molecule has 104 valence electrons. The van der Waals surface area contributed by atoms with Crippen molar-refractivity contribution in [2.24, 2.45) is 0 Å². The fraction of sp³-hybridized carbons (Fsp3) is 0.500. The number of amides is 1. The summed E-state index contributed by atoms with van der Waals surface area (Å²) in [6.45, 7) is 0.915. The first-order valence-electron chi connectivity index (χ1n) is 6.47. The van der Waals surface area contributed by atoms with Crippen molar-refractivity contribution in [2.45, 2.75) is 24.5 Å². The summed E-state index contributed by atoms with van der Waals surface area (Å²) in [6.07, 6.45) is 2.96. The maximum absolute atomic E-state index is 12.0. The summed E-state index contributed by atoms with van der Waals surface area (Å²) in [5.74, 6) is 0.0509. The second-order valence-electron chi connectivity index (χ2n) is 5.07. The van der Waals surface area contributed by atoms with Crippen LogP contribution in [0, 0.1) is 0 Å². The van der Waals surface area contributed by atoms with Gasteiger partial charge in [0.2, 0.25) is 5.91 Å². The lowest BCUT2D eigenvalue weighted by molar-refractivity contribution is -0.130. The number of sulfone groups is 1. The monoisotopic (exact) mass is 281 g/mol. The summed E-state index contributed by atoms with van der Waals surface area (Å²) in [5, 5.41) is -0.381. The fourth-order valence-corrected chi connectivity index (χ4v) is 3.34. The minimum atomic E-state index is -3.03. The molecule has 1 amide bonds. The van der Waals surface area contributed by atoms with Crippen LogP contribution in [0.3, 0.4) is 0 Å². The van der Waals surface area contributed by atoms with Crippen LogP contribution in [0.1, 0.15) is 18.4 Å². The smallest absolute Gasteiger partial charge is 0.222 e. The number of hydrogen-bond donors (Lipinski definition) is 0. The molecule has 5 heteroatoms. The van der Waals surface area contributed by atoms with E-state index in [1.807, 2.05) is 30.3 Å². The van der Waals surface area contributed by atoms with Gasteiger partial charge in [-0.05, 0) is 18.4 Å². The van der Waals surface area contributed by atoms with Gasteiger partial charge >= 0.3 is 0 Å². The zero-order valence-corrected chi connectivity index (χ0v) is 11.9. The van der Waals surface area contributed by atoms with E-state index in [2.05, 4.69) is 0 Å². The lowest BCUT2D eigenvalue weighted by Gasteiger charge is -2.16. The molecule has 1 aromatic carbocycles. The molecule has 0 radical (unpaired) electrons. The highest BCUT2D eigenvalue weighted by atomic mass is 32.2. The molecule has 1 aliphatic rings. The van der Waals surface area contributed by atoms with Crippen molar-refractivity contribution in [3.8, 4) is 0 Å². The lowest BCUT2D eigenvalue weighted by Crippen LogP contribution is -2.31. The predicted octanol–water partition coefficient (Wildman–Crippen LogP) is 1.26. The standard InChI is InChI=1S/C14H19NO3S/c1-19(17,18)13-9-10-15(11-13)14(16)8-7-12-5-3-2-4-6-12/h2-6,13H,7-11H2,1H3. The highest BCUT2D eigenvalue weighted by molar-refractivity contribution is 7.91. The van der Waals surface area contributed by atoms with Crippen LogP contribution in [0.2, 0.25) is 0 Å². The number of benzene rings is 1. The molecule has 1 heterocycles. The summed E-state index contributed by atoms with van der Waals surface area (Å²) in [4.78, 5) is 13.7. The molecule has 1 unspecified atom stereocenters. The molecule has 1 aromatic rings. The van der Waals surface area contributed by atoms with E-state index in [0.29, 0.717) is 32.4 Å². The third kappa shape index (κ3) is 3.80. The first-order chi connectivity index (χ1) is 8.97. The van der Waals surface area contributed by atoms with Gasteiger partial charge in [-0.15, -0.1) is 0 Å². The van der Waals surface area contributed by atoms with Crippen molar-refractivity contribution < 1.29 is 13.2 Å². The van der Waals surface area contributed by atoms with Crippen LogP contribution < -0.4 is 0 Å². The number of nitrogens with zero attached hydrogens (tertiary/aromatic N) is 1. The zero-order valence-electron chi connectivity index (χ0n) is 11.1. The highest BCUT2D eigenvalue weighted by Gasteiger charge is 2.32. The Bertz CT molecular complexity index is 539. The van der Waals surface area contributed by atoms with Gasteiger partial charge in [0.15, 0.2) is 9.84 Å². The van der Waals surface area contributed by atoms with Gasteiger partial charge in [-0.3, -0.25) is 4.79 Å². The Balaban J connectivity index is 1.85. The van der Waals surface area contributed by atoms with Gasteiger partial charge < -0.3 is 4.90 Å². The van der Waals surface area contributed by atoms with Gasteiger partial charge in [-0.25, -0.2) is 8.42 Å². The third-order valence-corrected chi connectivity index (χ3v) is 5.17. The maximum atomic E-state index is 12.0. The van der Waals surface area contributed by atoms with E-state index in [0.717, 1.165) is 5.56 Å². The summed E-state index contributed by atoms with van der Waals surface area (Å²) >= 11 is 0. The molecule has 19 heavy (non-hydrogen) atoms. The van der Waals surface area contributed by atoms with E-state index < -0.39 is 9.84 Å². The van der Waals surface area contributed by atoms with Crippen molar-refractivity contribution in [1.29, 1.82) is 0 Å². The molecular formula is C14H19NO3S. The summed E-state index contributed by atoms with van der Waals surface area (Å²) in [5.41, 5.74) is 1.13. The van der Waals surface area contributed by atoms with Gasteiger partial charge in [-0.1, -0.05) is 30.3 Å². The van der Waals surface area contributed by atoms with Gasteiger partial charge in [0.05, 0.1) is 5.25 Å². The van der Waals surface area contributed by atoms with Gasteiger partial charge in [0.25, 0.3) is 0 Å². The van der Waals surface area contributed by atoms with Crippen molar-refractivity contribution in [3.63, 3.8) is 0 Å². The van der Waals surface area contributed by atoms with Crippen LogP contribution in [-0.2, 0) is 21.1 Å². The number of likely N-dealkylation sites (tertiary alicyclic amines) is 1. The summed E-state index contributed by atoms with van der Waals surface area (Å²) < 4.78 is 22.9. The Kier molecular flexibility index (Phi) is 4.24. The van der Waals surface area contributed by atoms with E-state index in [9.17, 15) is 13.2 Å². The molecule has 0 saturated carbocycles. The normalized spacial score (nSPS) is 19.6. The Morgan fingerprint density at radius 2 is 2.00 bits per heavy atom. The zero-order chi connectivity index (χ0) is 13.9. The van der Waals surface area contributed by atoms with E-state index in [1.165, 1.54) is 6.26 Å². The van der Waals surface area contributed by atoms with Crippen LogP contribution >= 0.6 is 0 Å². The van der Waals surface area contributed by atoms with Gasteiger partial charge in [0, 0.05) is 25.8 Å². The predicted molar refractivity (Wildman–Crippen MR) is 74.6 cm³/mol. The van der Waals surface area contributed by atoms with Crippen molar-refractivity contribution in [2.75, 3.05) is 19.3 Å². The Morgan fingerprint density at radius 1 is 1.32 bits per heavy atom. The topological polar surface area (TPSA) is 54.5 Å². The first kappa shape index (κ1) is 14.1. The average Bonchev–Trinajstić information content (AvgIpc) is 2.87. The van der Waals surface area contributed by atoms with Gasteiger partial charge in [0.1, 0.15) is 0 Å². The average molecular weight is 281 g/mol. The van der Waals surface area contributed by atoms with Gasteiger partial charge in [-0.2, -0.15) is 0 Å². The first-order valence-corrected chi connectivity index (χ1v) is 8.43. The van der Waals surface area contributed by atoms with E-state index in [-0.39, 0.29) is 11.2 Å². The number of rotatable bonds is 4. The second-order valence-corrected chi connectivity index (χ2v) is 7.39. The molecule has 0 bridgehead atoms. The Morgan fingerprint density at radius 3 is 2.58 bits per heavy atom. The SMILES string of the molecule is CS(=O)(=O)C1CCN(C(=O)CCc2ccccc2)C1. The maximum Gasteiger partial charge on any atom is 0.222 e. The van der Waals surface area contributed by atoms with E-state index in [1.54, 1.807) is 4.90 Å². The van der Waals surface area contributed by atoms with Crippen molar-refractivity contribution in [1.82, 2.24) is 4.90 Å². The molecular weight excluding hydrogens is 262 g/mol. The molecule has 1 saturated heterocycles. The van der Waals surface area contributed by atoms with Crippen LogP contribution in [0.25, 0.3) is 0 Å². The molecule has 1 fully saturated rings. The van der Waals surface area contributed by atoms with Crippen molar-refractivity contribution >= 4 is 15.7 Å². The molecule has 2 rings (SSSR count). The minimum absolute atomic E-state index is 0.0509. The molecule has 1 aliphatic heterocycles. The molecule has 0 N–H and O–H groups in total. The van der Waals surface area contributed by atoms with Crippen LogP contribution in [0.4, 0.5) is 0 Å². The van der Waals surface area contributed by atoms with Crippen LogP contribution in [0.5, 0.6) is 0 Å². The molecule has 4 nitrogen and oxygen atoms in total. The molecule has 1 atom stereocenters. The van der Waals surface area contributed by atoms with Crippen LogP contribution in [-0.4, -0.2) is 43.8 Å². The number of carbonyl (C=O) groups excluding carboxylic acids is 1. The molecule has 0 aliphatic carbocycles. The van der Waals surface area contributed by atoms with E-state index >= 15 is 0 Å². The largest absolute Gasteiger partial charge is 0.341 e. The highest BCUT2D eigenvalue weighted by Crippen LogP contribution is 2.17.